The molecule has 0 atom stereocenters. The van der Waals surface area contributed by atoms with Crippen LogP contribution in [0.15, 0.2) is 42.6 Å². The number of methoxy groups -OCH3 is 1. The SMILES string of the molecule is COc1cc2c(cc1C(N)=O)c(Oc1ccc(NC(=O)NC3CC3)c(Cl)c1)cc[n+]2[O-]. The minimum Gasteiger partial charge on any atom is -0.618 e. The highest BCUT2D eigenvalue weighted by Crippen LogP contribution is 2.35. The topological polar surface area (TPSA) is 130 Å². The highest BCUT2D eigenvalue weighted by atomic mass is 35.5. The van der Waals surface area contributed by atoms with Crippen LogP contribution in [0.25, 0.3) is 10.9 Å². The molecule has 1 heterocycles. The van der Waals surface area contributed by atoms with Crippen LogP contribution in [0.5, 0.6) is 17.2 Å². The number of carbonyl (C=O) groups excluding carboxylic acids is 2. The van der Waals surface area contributed by atoms with E-state index in [9.17, 15) is 14.8 Å². The molecule has 0 spiro atoms. The Bertz CT molecular complexity index is 1200. The van der Waals surface area contributed by atoms with Crippen LogP contribution in [0.1, 0.15) is 23.2 Å². The van der Waals surface area contributed by atoms with E-state index in [0.717, 1.165) is 12.8 Å². The molecule has 4 N–H and O–H groups in total. The molecule has 0 radical (unpaired) electrons. The zero-order valence-corrected chi connectivity index (χ0v) is 17.2. The van der Waals surface area contributed by atoms with Crippen molar-refractivity contribution in [1.29, 1.82) is 0 Å². The maximum atomic E-state index is 12.2. The number of urea groups is 1. The van der Waals surface area contributed by atoms with Gasteiger partial charge in [0.05, 0.1) is 34.8 Å². The molecule has 160 valence electrons. The third kappa shape index (κ3) is 4.41. The first kappa shape index (κ1) is 20.5. The van der Waals surface area contributed by atoms with E-state index in [1.807, 2.05) is 0 Å². The van der Waals surface area contributed by atoms with Crippen molar-refractivity contribution in [3.63, 3.8) is 0 Å². The van der Waals surface area contributed by atoms with Crippen LogP contribution in [0.3, 0.4) is 0 Å². The number of nitrogens with zero attached hydrogens (tertiary/aromatic N) is 1. The average Bonchev–Trinajstić information content (AvgIpc) is 3.55. The van der Waals surface area contributed by atoms with E-state index in [1.54, 1.807) is 12.1 Å². The van der Waals surface area contributed by atoms with Crippen LogP contribution in [-0.2, 0) is 0 Å². The molecule has 0 unspecified atom stereocenters. The average molecular weight is 443 g/mol. The second-order valence-electron chi connectivity index (χ2n) is 7.06. The van der Waals surface area contributed by atoms with E-state index in [4.69, 9.17) is 26.8 Å². The molecular formula is C21H19ClN4O5. The number of carbonyl (C=O) groups is 2. The molecule has 9 nitrogen and oxygen atoms in total. The summed E-state index contributed by atoms with van der Waals surface area (Å²) in [4.78, 5) is 23.7. The summed E-state index contributed by atoms with van der Waals surface area (Å²) < 4.78 is 11.7. The van der Waals surface area contributed by atoms with Gasteiger partial charge in [-0.05, 0) is 31.0 Å². The number of rotatable bonds is 6. The molecule has 4 rings (SSSR count). The fourth-order valence-electron chi connectivity index (χ4n) is 3.06. The number of anilines is 1. The number of ether oxygens (including phenoxy) is 2. The van der Waals surface area contributed by atoms with Crippen LogP contribution in [0.2, 0.25) is 5.02 Å². The van der Waals surface area contributed by atoms with Gasteiger partial charge in [-0.3, -0.25) is 4.79 Å². The maximum absolute atomic E-state index is 12.2. The Morgan fingerprint density at radius 1 is 1.19 bits per heavy atom. The minimum atomic E-state index is -0.700. The monoisotopic (exact) mass is 442 g/mol. The van der Waals surface area contributed by atoms with Gasteiger partial charge in [-0.1, -0.05) is 11.6 Å². The second kappa shape index (κ2) is 8.19. The largest absolute Gasteiger partial charge is 0.618 e. The predicted octanol–water partition coefficient (Wildman–Crippen LogP) is 3.31. The van der Waals surface area contributed by atoms with Crippen LogP contribution in [-0.4, -0.2) is 25.1 Å². The van der Waals surface area contributed by atoms with Crippen LogP contribution >= 0.6 is 11.6 Å². The summed E-state index contributed by atoms with van der Waals surface area (Å²) in [6.45, 7) is 0. The lowest BCUT2D eigenvalue weighted by atomic mass is 10.1. The first-order valence-electron chi connectivity index (χ1n) is 9.44. The Morgan fingerprint density at radius 3 is 2.61 bits per heavy atom. The Labute approximate surface area is 182 Å². The highest BCUT2D eigenvalue weighted by molar-refractivity contribution is 6.33. The zero-order valence-electron chi connectivity index (χ0n) is 16.5. The number of hydrogen-bond donors (Lipinski definition) is 3. The van der Waals surface area contributed by atoms with Crippen molar-refractivity contribution >= 4 is 40.1 Å². The van der Waals surface area contributed by atoms with Crippen molar-refractivity contribution in [3.8, 4) is 17.2 Å². The van der Waals surface area contributed by atoms with Crippen molar-refractivity contribution in [3.05, 3.63) is 58.4 Å². The molecule has 0 aliphatic heterocycles. The van der Waals surface area contributed by atoms with Crippen molar-refractivity contribution in [1.82, 2.24) is 5.32 Å². The molecule has 2 aromatic carbocycles. The molecule has 1 aromatic heterocycles. The molecule has 1 aliphatic rings. The van der Waals surface area contributed by atoms with Gasteiger partial charge in [0.2, 0.25) is 5.52 Å². The van der Waals surface area contributed by atoms with E-state index in [-0.39, 0.29) is 33.9 Å². The molecule has 1 saturated carbocycles. The third-order valence-corrected chi connectivity index (χ3v) is 5.09. The summed E-state index contributed by atoms with van der Waals surface area (Å²) in [7, 11) is 1.38. The van der Waals surface area contributed by atoms with Crippen LogP contribution < -0.4 is 30.6 Å². The Balaban J connectivity index is 1.64. The summed E-state index contributed by atoms with van der Waals surface area (Å²) >= 11 is 6.29. The van der Waals surface area contributed by atoms with E-state index >= 15 is 0 Å². The smallest absolute Gasteiger partial charge is 0.319 e. The number of pyridine rings is 1. The van der Waals surface area contributed by atoms with Crippen molar-refractivity contribution in [2.24, 2.45) is 5.73 Å². The van der Waals surface area contributed by atoms with Gasteiger partial charge in [-0.25, -0.2) is 4.79 Å². The molecule has 31 heavy (non-hydrogen) atoms. The van der Waals surface area contributed by atoms with Crippen molar-refractivity contribution in [2.75, 3.05) is 12.4 Å². The number of aromatic nitrogens is 1. The normalized spacial score (nSPS) is 13.0. The van der Waals surface area contributed by atoms with Gasteiger partial charge < -0.3 is 31.0 Å². The van der Waals surface area contributed by atoms with Gasteiger partial charge in [0.15, 0.2) is 6.20 Å². The molecule has 1 aliphatic carbocycles. The van der Waals surface area contributed by atoms with Crippen molar-refractivity contribution in [2.45, 2.75) is 18.9 Å². The van der Waals surface area contributed by atoms with E-state index in [1.165, 1.54) is 37.6 Å². The summed E-state index contributed by atoms with van der Waals surface area (Å²) in [5.41, 5.74) is 6.22. The number of nitrogens with two attached hydrogens (primary N) is 1. The third-order valence-electron chi connectivity index (χ3n) is 4.78. The number of halogens is 1. The first-order chi connectivity index (χ1) is 14.9. The first-order valence-corrected chi connectivity index (χ1v) is 9.82. The molecule has 10 heteroatoms. The lowest BCUT2D eigenvalue weighted by molar-refractivity contribution is -0.577. The summed E-state index contributed by atoms with van der Waals surface area (Å²) in [5, 5.41) is 18.4. The van der Waals surface area contributed by atoms with E-state index in [0.29, 0.717) is 27.3 Å². The Kier molecular flexibility index (Phi) is 5.43. The van der Waals surface area contributed by atoms with Gasteiger partial charge in [0.25, 0.3) is 5.91 Å². The van der Waals surface area contributed by atoms with E-state index < -0.39 is 5.91 Å². The lowest BCUT2D eigenvalue weighted by Crippen LogP contribution is -2.30. The fraction of sp³-hybridized carbons (Fsp3) is 0.190. The quantitative estimate of drug-likeness (QED) is 0.398. The molecule has 0 saturated heterocycles. The fourth-order valence-corrected chi connectivity index (χ4v) is 3.28. The summed E-state index contributed by atoms with van der Waals surface area (Å²) in [6.07, 6.45) is 3.23. The van der Waals surface area contributed by atoms with Gasteiger partial charge in [-0.2, -0.15) is 4.73 Å². The zero-order chi connectivity index (χ0) is 22.1. The highest BCUT2D eigenvalue weighted by Gasteiger charge is 2.23. The molecule has 1 fully saturated rings. The van der Waals surface area contributed by atoms with Gasteiger partial charge >= 0.3 is 6.03 Å². The number of hydrogen-bond acceptors (Lipinski definition) is 5. The van der Waals surface area contributed by atoms with Crippen molar-refractivity contribution < 1.29 is 23.8 Å². The molecule has 3 aromatic rings. The standard InChI is InChI=1S/C21H19ClN4O5/c1-30-19-10-17-13(9-14(19)20(23)27)18(6-7-26(17)29)31-12-4-5-16(15(22)8-12)25-21(28)24-11-2-3-11/h4-11H,2-3H2,1H3,(H2,23,27)(H2,24,25,28). The van der Waals surface area contributed by atoms with Crippen LogP contribution in [0, 0.1) is 5.21 Å². The Hall–Kier alpha value is -3.72. The number of primary amides is 1. The van der Waals surface area contributed by atoms with E-state index in [2.05, 4.69) is 10.6 Å². The molecule has 3 amide bonds. The number of benzene rings is 2. The summed E-state index contributed by atoms with van der Waals surface area (Å²) in [6, 6.07) is 9.02. The summed E-state index contributed by atoms with van der Waals surface area (Å²) in [5.74, 6) is 0.175. The van der Waals surface area contributed by atoms with Gasteiger partial charge in [0.1, 0.15) is 17.2 Å². The van der Waals surface area contributed by atoms with Gasteiger partial charge in [0, 0.05) is 18.2 Å². The minimum absolute atomic E-state index is 0.116. The second-order valence-corrected chi connectivity index (χ2v) is 7.46. The number of nitrogens with one attached hydrogen (secondary N) is 2. The Morgan fingerprint density at radius 2 is 1.97 bits per heavy atom. The maximum Gasteiger partial charge on any atom is 0.319 e. The van der Waals surface area contributed by atoms with Crippen LogP contribution in [0.4, 0.5) is 10.5 Å². The lowest BCUT2D eigenvalue weighted by Gasteiger charge is -2.13. The molecule has 0 bridgehead atoms. The molecular weight excluding hydrogens is 424 g/mol. The number of fused-ring (bicyclic) bond motifs is 1. The van der Waals surface area contributed by atoms with Gasteiger partial charge in [-0.15, -0.1) is 0 Å². The predicted molar refractivity (Wildman–Crippen MR) is 115 cm³/mol. The number of amides is 3.